The Labute approximate surface area is 112 Å². The molecule has 2 aromatic rings. The van der Waals surface area contributed by atoms with E-state index in [2.05, 4.69) is 31.7 Å². The predicted octanol–water partition coefficient (Wildman–Crippen LogP) is 1.78. The average Bonchev–Trinajstić information content (AvgIpc) is 2.71. The maximum Gasteiger partial charge on any atom is 0.0909 e. The molecule has 2 rings (SSSR count). The molecular weight excluding hydrogens is 306 g/mol. The second-order valence-corrected chi connectivity index (χ2v) is 4.87. The minimum Gasteiger partial charge on any atom is -0.271 e. The van der Waals surface area contributed by atoms with Crippen molar-refractivity contribution in [3.63, 3.8) is 0 Å². The van der Waals surface area contributed by atoms with Gasteiger partial charge in [-0.1, -0.05) is 32.7 Å². The van der Waals surface area contributed by atoms with Gasteiger partial charge in [-0.05, 0) is 23.8 Å². The fourth-order valence-electron chi connectivity index (χ4n) is 1.63. The summed E-state index contributed by atoms with van der Waals surface area (Å²) in [6.07, 6.45) is 1.65. The van der Waals surface area contributed by atoms with Crippen LogP contribution >= 0.6 is 27.5 Å². The molecule has 5 nitrogen and oxygen atoms in total. The van der Waals surface area contributed by atoms with Gasteiger partial charge in [-0.15, -0.1) is 5.10 Å². The van der Waals surface area contributed by atoms with E-state index < -0.39 is 0 Å². The second kappa shape index (κ2) is 5.14. The Balaban J connectivity index is 2.49. The summed E-state index contributed by atoms with van der Waals surface area (Å²) in [7, 11) is 1.80. The largest absolute Gasteiger partial charge is 0.271 e. The molecule has 0 fully saturated rings. The molecule has 0 amide bonds. The highest BCUT2D eigenvalue weighted by Crippen LogP contribution is 2.29. The van der Waals surface area contributed by atoms with Gasteiger partial charge in [-0.25, -0.2) is 5.43 Å². The molecule has 1 aromatic carbocycles. The summed E-state index contributed by atoms with van der Waals surface area (Å²) in [6, 6.07) is 5.36. The molecule has 3 N–H and O–H groups in total. The molecule has 0 aliphatic carbocycles. The van der Waals surface area contributed by atoms with Crippen molar-refractivity contribution in [2.24, 2.45) is 12.9 Å². The molecule has 0 radical (unpaired) electrons. The van der Waals surface area contributed by atoms with Crippen molar-refractivity contribution in [2.45, 2.75) is 6.04 Å². The number of nitrogens with zero attached hydrogens (tertiary/aromatic N) is 3. The molecule has 0 saturated heterocycles. The standard InChI is InChI=1S/C10H11BrClN5/c1-17-9(5-14-16-17)10(15-13)7-4-6(11)2-3-8(7)12/h2-5,10,15H,13H2,1H3. The zero-order valence-corrected chi connectivity index (χ0v) is 11.4. The number of rotatable bonds is 3. The number of halogens is 2. The van der Waals surface area contributed by atoms with E-state index in [1.807, 2.05) is 18.2 Å². The van der Waals surface area contributed by atoms with E-state index in [0.29, 0.717) is 5.02 Å². The Hall–Kier alpha value is -0.950. The van der Waals surface area contributed by atoms with Crippen molar-refractivity contribution >= 4 is 27.5 Å². The van der Waals surface area contributed by atoms with Crippen LogP contribution in [-0.2, 0) is 7.05 Å². The lowest BCUT2D eigenvalue weighted by atomic mass is 10.0. The van der Waals surface area contributed by atoms with E-state index in [1.165, 1.54) is 0 Å². The highest BCUT2D eigenvalue weighted by atomic mass is 79.9. The first kappa shape index (κ1) is 12.5. The van der Waals surface area contributed by atoms with E-state index in [-0.39, 0.29) is 6.04 Å². The lowest BCUT2D eigenvalue weighted by molar-refractivity contribution is 0.570. The van der Waals surface area contributed by atoms with Crippen LogP contribution in [0.3, 0.4) is 0 Å². The smallest absolute Gasteiger partial charge is 0.0909 e. The number of nitrogens with one attached hydrogen (secondary N) is 1. The van der Waals surface area contributed by atoms with Crippen molar-refractivity contribution in [3.05, 3.63) is 45.1 Å². The number of nitrogens with two attached hydrogens (primary N) is 1. The average molecular weight is 317 g/mol. The third-order valence-corrected chi connectivity index (χ3v) is 3.32. The molecule has 17 heavy (non-hydrogen) atoms. The van der Waals surface area contributed by atoms with E-state index in [4.69, 9.17) is 17.4 Å². The third kappa shape index (κ3) is 2.50. The summed E-state index contributed by atoms with van der Waals surface area (Å²) in [6.45, 7) is 0. The lowest BCUT2D eigenvalue weighted by Gasteiger charge is -2.17. The highest BCUT2D eigenvalue weighted by molar-refractivity contribution is 9.10. The van der Waals surface area contributed by atoms with Crippen LogP contribution in [0.1, 0.15) is 17.3 Å². The van der Waals surface area contributed by atoms with Crippen molar-refractivity contribution in [3.8, 4) is 0 Å². The van der Waals surface area contributed by atoms with Crippen LogP contribution in [-0.4, -0.2) is 15.0 Å². The summed E-state index contributed by atoms with van der Waals surface area (Å²) < 4.78 is 2.59. The molecule has 1 aromatic heterocycles. The maximum atomic E-state index is 6.17. The van der Waals surface area contributed by atoms with E-state index in [1.54, 1.807) is 17.9 Å². The van der Waals surface area contributed by atoms with Crippen LogP contribution in [0.15, 0.2) is 28.9 Å². The Kier molecular flexibility index (Phi) is 3.78. The van der Waals surface area contributed by atoms with Gasteiger partial charge in [-0.2, -0.15) is 0 Å². The van der Waals surface area contributed by atoms with Crippen molar-refractivity contribution in [2.75, 3.05) is 0 Å². The number of benzene rings is 1. The molecule has 0 spiro atoms. The first-order valence-corrected chi connectivity index (χ1v) is 6.06. The van der Waals surface area contributed by atoms with Gasteiger partial charge in [-0.3, -0.25) is 10.5 Å². The Bertz CT molecular complexity index is 527. The summed E-state index contributed by atoms with van der Waals surface area (Å²) in [5.74, 6) is 5.59. The molecular formula is C10H11BrClN5. The Morgan fingerprint density at radius 2 is 2.29 bits per heavy atom. The monoisotopic (exact) mass is 315 g/mol. The number of hydrazine groups is 1. The maximum absolute atomic E-state index is 6.17. The van der Waals surface area contributed by atoms with E-state index in [0.717, 1.165) is 15.7 Å². The summed E-state index contributed by atoms with van der Waals surface area (Å²) in [5, 5.41) is 8.35. The van der Waals surface area contributed by atoms with Crippen LogP contribution in [0.5, 0.6) is 0 Å². The topological polar surface area (TPSA) is 68.8 Å². The number of hydrogen-bond acceptors (Lipinski definition) is 4. The molecule has 90 valence electrons. The van der Waals surface area contributed by atoms with Gasteiger partial charge < -0.3 is 0 Å². The zero-order valence-electron chi connectivity index (χ0n) is 9.06. The minimum atomic E-state index is -0.250. The van der Waals surface area contributed by atoms with Gasteiger partial charge in [0.25, 0.3) is 0 Å². The Morgan fingerprint density at radius 3 is 2.88 bits per heavy atom. The van der Waals surface area contributed by atoms with Crippen LogP contribution in [0.4, 0.5) is 0 Å². The van der Waals surface area contributed by atoms with Gasteiger partial charge in [0.05, 0.1) is 17.9 Å². The summed E-state index contributed by atoms with van der Waals surface area (Å²) in [5.41, 5.74) is 4.43. The first-order chi connectivity index (χ1) is 8.13. The quantitative estimate of drug-likeness (QED) is 0.669. The molecule has 1 heterocycles. The van der Waals surface area contributed by atoms with Crippen LogP contribution in [0, 0.1) is 0 Å². The molecule has 0 aliphatic rings. The SMILES string of the molecule is Cn1nncc1C(NN)c1cc(Br)ccc1Cl. The van der Waals surface area contributed by atoms with E-state index >= 15 is 0 Å². The van der Waals surface area contributed by atoms with Crippen molar-refractivity contribution in [1.82, 2.24) is 20.4 Å². The molecule has 0 aliphatic heterocycles. The van der Waals surface area contributed by atoms with Crippen molar-refractivity contribution < 1.29 is 0 Å². The van der Waals surface area contributed by atoms with Crippen molar-refractivity contribution in [1.29, 1.82) is 0 Å². The lowest BCUT2D eigenvalue weighted by Crippen LogP contribution is -2.30. The molecule has 1 atom stereocenters. The normalized spacial score (nSPS) is 12.7. The molecule has 1 unspecified atom stereocenters. The fourth-order valence-corrected chi connectivity index (χ4v) is 2.23. The molecule has 0 saturated carbocycles. The van der Waals surface area contributed by atoms with Gasteiger partial charge in [0.1, 0.15) is 0 Å². The molecule has 7 heteroatoms. The van der Waals surface area contributed by atoms with Gasteiger partial charge in [0, 0.05) is 16.5 Å². The zero-order chi connectivity index (χ0) is 12.4. The van der Waals surface area contributed by atoms with Gasteiger partial charge >= 0.3 is 0 Å². The predicted molar refractivity (Wildman–Crippen MR) is 69.3 cm³/mol. The van der Waals surface area contributed by atoms with Gasteiger partial charge in [0.2, 0.25) is 0 Å². The summed E-state index contributed by atoms with van der Waals surface area (Å²) >= 11 is 9.58. The number of aromatic nitrogens is 3. The fraction of sp³-hybridized carbons (Fsp3) is 0.200. The third-order valence-electron chi connectivity index (χ3n) is 2.48. The Morgan fingerprint density at radius 1 is 1.53 bits per heavy atom. The van der Waals surface area contributed by atoms with Crippen LogP contribution in [0.2, 0.25) is 5.02 Å². The van der Waals surface area contributed by atoms with E-state index in [9.17, 15) is 0 Å². The minimum absolute atomic E-state index is 0.250. The van der Waals surface area contributed by atoms with Crippen LogP contribution in [0.25, 0.3) is 0 Å². The van der Waals surface area contributed by atoms with Gasteiger partial charge in [0.15, 0.2) is 0 Å². The highest BCUT2D eigenvalue weighted by Gasteiger charge is 2.19. The first-order valence-electron chi connectivity index (χ1n) is 4.89. The number of aryl methyl sites for hydroxylation is 1. The summed E-state index contributed by atoms with van der Waals surface area (Å²) in [4.78, 5) is 0. The number of hydrogen-bond donors (Lipinski definition) is 2. The molecule has 0 bridgehead atoms. The van der Waals surface area contributed by atoms with Crippen LogP contribution < -0.4 is 11.3 Å². The second-order valence-electron chi connectivity index (χ2n) is 3.55.